The van der Waals surface area contributed by atoms with Crippen LogP contribution in [0.1, 0.15) is 0 Å². The van der Waals surface area contributed by atoms with Gasteiger partial charge in [-0.05, 0) is 103 Å². The predicted octanol–water partition coefficient (Wildman–Crippen LogP) is 16.0. The van der Waals surface area contributed by atoms with Crippen LogP contribution in [0.3, 0.4) is 0 Å². The van der Waals surface area contributed by atoms with Crippen LogP contribution in [0.2, 0.25) is 0 Å². The zero-order chi connectivity index (χ0) is 37.0. The first kappa shape index (κ1) is 32.4. The maximum absolute atomic E-state index is 2.41. The third-order valence-corrected chi connectivity index (χ3v) is 12.5. The third-order valence-electron chi connectivity index (χ3n) is 11.3. The number of anilines is 3. The summed E-state index contributed by atoms with van der Waals surface area (Å²) in [6, 6.07) is 77.6. The molecular formula is C54H35NS. The molecule has 0 aliphatic rings. The number of rotatable bonds is 6. The first-order chi connectivity index (χ1) is 27.8. The average Bonchev–Trinajstić information content (AvgIpc) is 3.66. The molecule has 1 aromatic heterocycles. The molecule has 0 unspecified atom stereocenters. The minimum Gasteiger partial charge on any atom is -0.310 e. The number of benzene rings is 10. The Labute approximate surface area is 330 Å². The van der Waals surface area contributed by atoms with Crippen molar-refractivity contribution in [1.82, 2.24) is 0 Å². The van der Waals surface area contributed by atoms with Gasteiger partial charge in [0.2, 0.25) is 0 Å². The van der Waals surface area contributed by atoms with Crippen molar-refractivity contribution in [3.05, 3.63) is 212 Å². The lowest BCUT2D eigenvalue weighted by atomic mass is 9.90. The highest BCUT2D eigenvalue weighted by molar-refractivity contribution is 7.26. The molecule has 1 nitrogen and oxygen atoms in total. The van der Waals surface area contributed by atoms with Crippen molar-refractivity contribution in [3.63, 3.8) is 0 Å². The number of para-hydroxylation sites is 1. The lowest BCUT2D eigenvalue weighted by Crippen LogP contribution is -2.11. The van der Waals surface area contributed by atoms with Crippen LogP contribution in [-0.4, -0.2) is 0 Å². The van der Waals surface area contributed by atoms with Gasteiger partial charge in [0.15, 0.2) is 0 Å². The van der Waals surface area contributed by atoms with Crippen molar-refractivity contribution >= 4 is 80.9 Å². The monoisotopic (exact) mass is 729 g/mol. The van der Waals surface area contributed by atoms with Crippen molar-refractivity contribution in [2.45, 2.75) is 0 Å². The van der Waals surface area contributed by atoms with Crippen LogP contribution < -0.4 is 4.90 Å². The van der Waals surface area contributed by atoms with E-state index >= 15 is 0 Å². The molecule has 11 rings (SSSR count). The number of hydrogen-bond acceptors (Lipinski definition) is 2. The van der Waals surface area contributed by atoms with E-state index in [9.17, 15) is 0 Å². The summed E-state index contributed by atoms with van der Waals surface area (Å²) in [4.78, 5) is 2.41. The van der Waals surface area contributed by atoms with Crippen LogP contribution in [-0.2, 0) is 0 Å². The molecule has 56 heavy (non-hydrogen) atoms. The Balaban J connectivity index is 1.07. The highest BCUT2D eigenvalue weighted by atomic mass is 32.1. The molecule has 2 heteroatoms. The summed E-state index contributed by atoms with van der Waals surface area (Å²) in [5.74, 6) is 0. The SMILES string of the molecule is c1ccc(-c2ccccc2N(c2ccc(-c3cccc4c3sc3ccccc34)cc2)c2ccc(-c3cc4ccccc4c4ccc5ccccc5c34)cc2)cc1. The maximum Gasteiger partial charge on any atom is 0.0540 e. The van der Waals surface area contributed by atoms with E-state index in [4.69, 9.17) is 0 Å². The smallest absolute Gasteiger partial charge is 0.0540 e. The molecule has 0 saturated heterocycles. The molecule has 10 aromatic carbocycles. The van der Waals surface area contributed by atoms with Crippen molar-refractivity contribution < 1.29 is 0 Å². The Kier molecular flexibility index (Phi) is 7.75. The van der Waals surface area contributed by atoms with Gasteiger partial charge in [-0.25, -0.2) is 0 Å². The Bertz CT molecular complexity index is 3230. The summed E-state index contributed by atoms with van der Waals surface area (Å²) in [7, 11) is 0. The first-order valence-corrected chi connectivity index (χ1v) is 20.0. The van der Waals surface area contributed by atoms with Crippen LogP contribution in [0.4, 0.5) is 17.1 Å². The molecule has 0 amide bonds. The summed E-state index contributed by atoms with van der Waals surface area (Å²) >= 11 is 1.88. The van der Waals surface area contributed by atoms with E-state index in [2.05, 4.69) is 217 Å². The van der Waals surface area contributed by atoms with Crippen molar-refractivity contribution in [3.8, 4) is 33.4 Å². The summed E-state index contributed by atoms with van der Waals surface area (Å²) in [5.41, 5.74) is 10.6. The number of hydrogen-bond donors (Lipinski definition) is 0. The highest BCUT2D eigenvalue weighted by Crippen LogP contribution is 2.45. The van der Waals surface area contributed by atoms with Gasteiger partial charge < -0.3 is 4.90 Å². The number of fused-ring (bicyclic) bond motifs is 8. The van der Waals surface area contributed by atoms with E-state index in [1.165, 1.54) is 85.9 Å². The van der Waals surface area contributed by atoms with E-state index in [-0.39, 0.29) is 0 Å². The second-order valence-corrected chi connectivity index (χ2v) is 15.5. The average molecular weight is 730 g/mol. The van der Waals surface area contributed by atoms with E-state index in [1.54, 1.807) is 0 Å². The minimum absolute atomic E-state index is 1.10. The molecule has 0 bridgehead atoms. The van der Waals surface area contributed by atoms with Crippen LogP contribution in [0.25, 0.3) is 85.9 Å². The second-order valence-electron chi connectivity index (χ2n) is 14.4. The maximum atomic E-state index is 2.41. The largest absolute Gasteiger partial charge is 0.310 e. The van der Waals surface area contributed by atoms with Gasteiger partial charge in [0.1, 0.15) is 0 Å². The molecule has 0 aliphatic heterocycles. The van der Waals surface area contributed by atoms with Gasteiger partial charge in [-0.1, -0.05) is 170 Å². The van der Waals surface area contributed by atoms with Crippen molar-refractivity contribution in [1.29, 1.82) is 0 Å². The molecule has 11 aromatic rings. The zero-order valence-corrected chi connectivity index (χ0v) is 31.4. The fourth-order valence-electron chi connectivity index (χ4n) is 8.62. The van der Waals surface area contributed by atoms with Crippen LogP contribution >= 0.6 is 11.3 Å². The fourth-order valence-corrected chi connectivity index (χ4v) is 9.86. The highest BCUT2D eigenvalue weighted by Gasteiger charge is 2.19. The van der Waals surface area contributed by atoms with Gasteiger partial charge in [-0.2, -0.15) is 0 Å². The molecule has 0 saturated carbocycles. The Morgan fingerprint density at radius 1 is 0.321 bits per heavy atom. The number of thiophene rings is 1. The molecular weight excluding hydrogens is 695 g/mol. The van der Waals surface area contributed by atoms with E-state index in [1.807, 2.05) is 11.3 Å². The Morgan fingerprint density at radius 3 is 1.68 bits per heavy atom. The molecule has 0 radical (unpaired) electrons. The predicted molar refractivity (Wildman–Crippen MR) is 243 cm³/mol. The normalized spacial score (nSPS) is 11.6. The van der Waals surface area contributed by atoms with Crippen molar-refractivity contribution in [2.24, 2.45) is 0 Å². The van der Waals surface area contributed by atoms with Gasteiger partial charge in [-0.15, -0.1) is 11.3 Å². The summed E-state index contributed by atoms with van der Waals surface area (Å²) in [5, 5.41) is 10.3. The quantitative estimate of drug-likeness (QED) is 0.154. The standard InChI is InChI=1S/C54H35NS/c1-2-13-36(14-3-1)44-18-8-10-23-51(44)55(41-30-25-38(26-31-41)46-21-12-22-49-47-20-9-11-24-52(47)56-54(46)49)42-32-27-39(28-33-42)50-35-40-16-5-6-17-43(40)48-34-29-37-15-4-7-19-45(37)53(48)50/h1-35H. The molecule has 0 spiro atoms. The van der Waals surface area contributed by atoms with E-state index < -0.39 is 0 Å². The van der Waals surface area contributed by atoms with E-state index in [0.717, 1.165) is 17.1 Å². The molecule has 0 N–H and O–H groups in total. The fraction of sp³-hybridized carbons (Fsp3) is 0. The van der Waals surface area contributed by atoms with Gasteiger partial charge in [0.05, 0.1) is 5.69 Å². The molecule has 262 valence electrons. The van der Waals surface area contributed by atoms with Gasteiger partial charge in [0, 0.05) is 37.1 Å². The van der Waals surface area contributed by atoms with Gasteiger partial charge >= 0.3 is 0 Å². The van der Waals surface area contributed by atoms with Gasteiger partial charge in [0.25, 0.3) is 0 Å². The van der Waals surface area contributed by atoms with Crippen LogP contribution in [0, 0.1) is 0 Å². The molecule has 1 heterocycles. The molecule has 0 atom stereocenters. The molecule has 0 fully saturated rings. The minimum atomic E-state index is 1.10. The Morgan fingerprint density at radius 2 is 0.893 bits per heavy atom. The summed E-state index contributed by atoms with van der Waals surface area (Å²) < 4.78 is 2.65. The van der Waals surface area contributed by atoms with Crippen molar-refractivity contribution in [2.75, 3.05) is 4.90 Å². The lowest BCUT2D eigenvalue weighted by molar-refractivity contribution is 1.28. The zero-order valence-electron chi connectivity index (χ0n) is 30.6. The Hall–Kier alpha value is -7.00. The third kappa shape index (κ3) is 5.38. The van der Waals surface area contributed by atoms with E-state index in [0.29, 0.717) is 0 Å². The van der Waals surface area contributed by atoms with Gasteiger partial charge in [-0.3, -0.25) is 0 Å². The van der Waals surface area contributed by atoms with Crippen LogP contribution in [0.15, 0.2) is 212 Å². The molecule has 0 aliphatic carbocycles. The van der Waals surface area contributed by atoms with Crippen LogP contribution in [0.5, 0.6) is 0 Å². The first-order valence-electron chi connectivity index (χ1n) is 19.2. The summed E-state index contributed by atoms with van der Waals surface area (Å²) in [6.07, 6.45) is 0. The number of nitrogens with zero attached hydrogens (tertiary/aromatic N) is 1. The summed E-state index contributed by atoms with van der Waals surface area (Å²) in [6.45, 7) is 0. The topological polar surface area (TPSA) is 3.24 Å². The second kappa shape index (κ2) is 13.4. The lowest BCUT2D eigenvalue weighted by Gasteiger charge is -2.28.